The number of nitrogens with two attached hydrogens (primary N) is 1. The predicted molar refractivity (Wildman–Crippen MR) is 201 cm³/mol. The van der Waals surface area contributed by atoms with Gasteiger partial charge in [0.1, 0.15) is 18.7 Å². The number of carbonyl (C=O) groups is 4. The Kier molecular flexibility index (Phi) is 15.4. The fourth-order valence-electron chi connectivity index (χ4n) is 6.04. The van der Waals surface area contributed by atoms with Crippen LogP contribution in [-0.4, -0.2) is 53.2 Å². The number of carbonyl (C=O) groups excluding carboxylic acids is 4. The Bertz CT molecular complexity index is 1690. The minimum atomic E-state index is -1.16. The maximum Gasteiger partial charge on any atom is 0.407 e. The van der Waals surface area contributed by atoms with E-state index in [9.17, 15) is 24.3 Å². The van der Waals surface area contributed by atoms with E-state index in [-0.39, 0.29) is 38.2 Å². The van der Waals surface area contributed by atoms with Crippen LogP contribution in [0.15, 0.2) is 121 Å². The largest absolute Gasteiger partial charge is 0.445 e. The first-order valence-corrected chi connectivity index (χ1v) is 17.7. The number of benzene rings is 4. The van der Waals surface area contributed by atoms with Crippen LogP contribution in [0.1, 0.15) is 48.9 Å². The Balaban J connectivity index is 1.52. The first-order valence-electron chi connectivity index (χ1n) is 17.7. The molecule has 0 spiro atoms. The monoisotopic (exact) mass is 706 g/mol. The zero-order chi connectivity index (χ0) is 37.3. The van der Waals surface area contributed by atoms with Crippen molar-refractivity contribution < 1.29 is 29.0 Å². The van der Waals surface area contributed by atoms with Crippen molar-refractivity contribution in [2.45, 2.75) is 76.8 Å². The normalized spacial score (nSPS) is 13.9. The third-order valence-corrected chi connectivity index (χ3v) is 8.78. The van der Waals surface area contributed by atoms with Crippen LogP contribution in [-0.2, 0) is 45.0 Å². The van der Waals surface area contributed by atoms with E-state index >= 15 is 0 Å². The number of amides is 4. The molecule has 4 aromatic rings. The minimum Gasteiger partial charge on any atom is -0.445 e. The number of rotatable bonds is 19. The molecule has 6 N–H and O–H groups in total. The summed E-state index contributed by atoms with van der Waals surface area (Å²) in [5.41, 5.74) is 9.08. The lowest BCUT2D eigenvalue weighted by Gasteiger charge is -2.29. The molecule has 0 bridgehead atoms. The summed E-state index contributed by atoms with van der Waals surface area (Å²) in [6, 6.07) is 34.6. The molecule has 0 saturated heterocycles. The molecule has 0 aliphatic rings. The van der Waals surface area contributed by atoms with Gasteiger partial charge in [0, 0.05) is 12.3 Å². The van der Waals surface area contributed by atoms with E-state index in [0.29, 0.717) is 6.42 Å². The summed E-state index contributed by atoms with van der Waals surface area (Å²) in [7, 11) is 0. The number of nitrogens with one attached hydrogen (secondary N) is 3. The fourth-order valence-corrected chi connectivity index (χ4v) is 6.04. The van der Waals surface area contributed by atoms with Crippen molar-refractivity contribution in [3.63, 3.8) is 0 Å². The van der Waals surface area contributed by atoms with Crippen molar-refractivity contribution in [1.29, 1.82) is 0 Å². The summed E-state index contributed by atoms with van der Waals surface area (Å²) in [5, 5.41) is 20.2. The number of hydrogen-bond acceptors (Lipinski definition) is 6. The smallest absolute Gasteiger partial charge is 0.407 e. The topological polar surface area (TPSA) is 160 Å². The molecule has 0 saturated carbocycles. The minimum absolute atomic E-state index is 0.0227. The molecule has 4 amide bonds. The highest BCUT2D eigenvalue weighted by molar-refractivity contribution is 5.92. The van der Waals surface area contributed by atoms with E-state index in [0.717, 1.165) is 22.3 Å². The van der Waals surface area contributed by atoms with E-state index in [1.807, 2.05) is 135 Å². The lowest BCUT2D eigenvalue weighted by molar-refractivity contribution is -0.133. The molecule has 0 aliphatic carbocycles. The summed E-state index contributed by atoms with van der Waals surface area (Å²) in [6.45, 7) is 3.93. The van der Waals surface area contributed by atoms with Gasteiger partial charge in [-0.05, 0) is 53.9 Å². The first kappa shape index (κ1) is 39.3. The van der Waals surface area contributed by atoms with Crippen LogP contribution in [0.2, 0.25) is 0 Å². The SMILES string of the molecule is CC(C)C[C@H](NC(=O)[C@H](Cc1ccccc1)C[C@@H](O)[C@H](Cc1ccccc1)NC(=O)OCc1ccccc1)C(=O)N[C@@H](Cc1ccccc1)C(N)=O. The first-order chi connectivity index (χ1) is 25.1. The molecule has 52 heavy (non-hydrogen) atoms. The van der Waals surface area contributed by atoms with Gasteiger partial charge in [-0.25, -0.2) is 4.79 Å². The van der Waals surface area contributed by atoms with Crippen molar-refractivity contribution in [2.75, 3.05) is 0 Å². The van der Waals surface area contributed by atoms with Gasteiger partial charge >= 0.3 is 6.09 Å². The van der Waals surface area contributed by atoms with Gasteiger partial charge < -0.3 is 31.5 Å². The van der Waals surface area contributed by atoms with Crippen molar-refractivity contribution in [1.82, 2.24) is 16.0 Å². The molecule has 0 aromatic heterocycles. The molecule has 0 heterocycles. The Morgan fingerprint density at radius 3 is 1.56 bits per heavy atom. The average Bonchev–Trinajstić information content (AvgIpc) is 3.14. The summed E-state index contributed by atoms with van der Waals surface area (Å²) in [5.74, 6) is -2.40. The fraction of sp³-hybridized carbons (Fsp3) is 0.333. The van der Waals surface area contributed by atoms with Crippen LogP contribution in [0.5, 0.6) is 0 Å². The van der Waals surface area contributed by atoms with Gasteiger partial charge in [0.2, 0.25) is 17.7 Å². The van der Waals surface area contributed by atoms with Crippen LogP contribution < -0.4 is 21.7 Å². The van der Waals surface area contributed by atoms with E-state index in [4.69, 9.17) is 10.5 Å². The second-order valence-electron chi connectivity index (χ2n) is 13.5. The zero-order valence-electron chi connectivity index (χ0n) is 29.8. The Morgan fingerprint density at radius 1 is 0.596 bits per heavy atom. The molecule has 274 valence electrons. The third kappa shape index (κ3) is 13.3. The van der Waals surface area contributed by atoms with Crippen LogP contribution in [0.4, 0.5) is 4.79 Å². The van der Waals surface area contributed by atoms with Crippen LogP contribution >= 0.6 is 0 Å². The van der Waals surface area contributed by atoms with Gasteiger partial charge in [-0.1, -0.05) is 135 Å². The van der Waals surface area contributed by atoms with Crippen molar-refractivity contribution in [3.05, 3.63) is 144 Å². The quantitative estimate of drug-likeness (QED) is 0.0935. The molecule has 0 radical (unpaired) electrons. The molecular formula is C42H50N4O6. The van der Waals surface area contributed by atoms with E-state index in [1.165, 1.54) is 0 Å². The number of ether oxygens (including phenoxy) is 1. The highest BCUT2D eigenvalue weighted by Crippen LogP contribution is 2.20. The van der Waals surface area contributed by atoms with E-state index in [2.05, 4.69) is 16.0 Å². The van der Waals surface area contributed by atoms with Crippen LogP contribution in [0.25, 0.3) is 0 Å². The average molecular weight is 707 g/mol. The Hall–Kier alpha value is -5.48. The summed E-state index contributed by atoms with van der Waals surface area (Å²) in [4.78, 5) is 53.2. The lowest BCUT2D eigenvalue weighted by atomic mass is 9.88. The predicted octanol–water partition coefficient (Wildman–Crippen LogP) is 4.88. The van der Waals surface area contributed by atoms with Gasteiger partial charge in [0.15, 0.2) is 0 Å². The van der Waals surface area contributed by atoms with Crippen molar-refractivity contribution in [2.24, 2.45) is 17.6 Å². The molecule has 10 heteroatoms. The van der Waals surface area contributed by atoms with Crippen molar-refractivity contribution in [3.8, 4) is 0 Å². The van der Waals surface area contributed by atoms with E-state index in [1.54, 1.807) is 0 Å². The number of aliphatic hydroxyl groups is 1. The molecule has 0 unspecified atom stereocenters. The Morgan fingerprint density at radius 2 is 1.06 bits per heavy atom. The number of alkyl carbamates (subject to hydrolysis) is 1. The highest BCUT2D eigenvalue weighted by Gasteiger charge is 2.32. The number of hydrogen-bond donors (Lipinski definition) is 5. The molecule has 0 fully saturated rings. The van der Waals surface area contributed by atoms with Crippen LogP contribution in [0.3, 0.4) is 0 Å². The van der Waals surface area contributed by atoms with E-state index < -0.39 is 54.0 Å². The molecule has 0 aliphatic heterocycles. The van der Waals surface area contributed by atoms with Gasteiger partial charge in [0.25, 0.3) is 0 Å². The molecule has 5 atom stereocenters. The second kappa shape index (κ2) is 20.4. The van der Waals surface area contributed by atoms with Crippen LogP contribution in [0, 0.1) is 11.8 Å². The maximum atomic E-state index is 14.1. The molecule has 4 rings (SSSR count). The molecular weight excluding hydrogens is 656 g/mol. The zero-order valence-corrected chi connectivity index (χ0v) is 29.8. The molecule has 4 aromatic carbocycles. The van der Waals surface area contributed by atoms with Gasteiger partial charge in [-0.3, -0.25) is 14.4 Å². The second-order valence-corrected chi connectivity index (χ2v) is 13.5. The lowest BCUT2D eigenvalue weighted by Crippen LogP contribution is -2.55. The Labute approximate surface area is 306 Å². The summed E-state index contributed by atoms with van der Waals surface area (Å²) < 4.78 is 5.48. The highest BCUT2D eigenvalue weighted by atomic mass is 16.5. The third-order valence-electron chi connectivity index (χ3n) is 8.78. The molecule has 10 nitrogen and oxygen atoms in total. The van der Waals surface area contributed by atoms with Gasteiger partial charge in [0.05, 0.1) is 12.1 Å². The number of primary amides is 1. The van der Waals surface area contributed by atoms with Gasteiger partial charge in [-0.2, -0.15) is 0 Å². The standard InChI is InChI=1S/C42H50N4O6/c1-29(2)23-37(41(50)44-36(39(43)48)26-32-19-11-5-12-20-32)45-40(49)34(24-30-15-7-3-8-16-30)27-38(47)35(25-31-17-9-4-10-18-31)46-42(51)52-28-33-21-13-6-14-22-33/h3-22,29,34-38,47H,23-28H2,1-2H3,(H2,43,48)(H,44,50)(H,45,49)(H,46,51)/t34-,35+,36+,37+,38-/m1/s1. The van der Waals surface area contributed by atoms with Gasteiger partial charge in [-0.15, -0.1) is 0 Å². The maximum absolute atomic E-state index is 14.1. The summed E-state index contributed by atoms with van der Waals surface area (Å²) in [6.07, 6.45) is -0.806. The number of aliphatic hydroxyl groups excluding tert-OH is 1. The van der Waals surface area contributed by atoms with Crippen molar-refractivity contribution >= 4 is 23.8 Å². The summed E-state index contributed by atoms with van der Waals surface area (Å²) >= 11 is 0.